The predicted molar refractivity (Wildman–Crippen MR) is 97.0 cm³/mol. The van der Waals surface area contributed by atoms with Crippen molar-refractivity contribution in [1.82, 2.24) is 20.2 Å². The van der Waals surface area contributed by atoms with Crippen LogP contribution in [0.4, 0.5) is 10.7 Å². The molecule has 1 saturated carbocycles. The minimum atomic E-state index is -0.257. The standard InChI is InChI=1S/C18H27N5O3/c1-2-26-18(25)23-11-8-14(9-12-23)21-17-19-10-7-15(22-17)16(24)20-13-5-3-4-6-13/h7,10,13-14H,2-6,8-9,11-12H2,1H3,(H,20,24)(H,19,21,22). The Morgan fingerprint density at radius 1 is 1.19 bits per heavy atom. The molecule has 2 amide bonds. The highest BCUT2D eigenvalue weighted by molar-refractivity contribution is 5.92. The molecule has 1 aromatic heterocycles. The number of ether oxygens (including phenoxy) is 1. The van der Waals surface area contributed by atoms with E-state index in [4.69, 9.17) is 4.74 Å². The van der Waals surface area contributed by atoms with Crippen molar-refractivity contribution in [3.63, 3.8) is 0 Å². The van der Waals surface area contributed by atoms with Crippen molar-refractivity contribution in [3.8, 4) is 0 Å². The summed E-state index contributed by atoms with van der Waals surface area (Å²) in [4.78, 5) is 34.4. The molecule has 2 N–H and O–H groups in total. The first-order chi connectivity index (χ1) is 12.7. The number of rotatable bonds is 5. The number of hydrogen-bond acceptors (Lipinski definition) is 6. The number of aromatic nitrogens is 2. The molecule has 142 valence electrons. The fourth-order valence-corrected chi connectivity index (χ4v) is 3.49. The van der Waals surface area contributed by atoms with Crippen LogP contribution in [0.5, 0.6) is 0 Å². The first-order valence-electron chi connectivity index (χ1n) is 9.48. The maximum absolute atomic E-state index is 12.3. The van der Waals surface area contributed by atoms with Gasteiger partial charge in [0.25, 0.3) is 5.91 Å². The van der Waals surface area contributed by atoms with Crippen LogP contribution in [0.3, 0.4) is 0 Å². The van der Waals surface area contributed by atoms with Crippen LogP contribution in [-0.4, -0.2) is 58.6 Å². The van der Waals surface area contributed by atoms with E-state index in [1.165, 1.54) is 12.8 Å². The number of hydrogen-bond donors (Lipinski definition) is 2. The topological polar surface area (TPSA) is 96.5 Å². The largest absolute Gasteiger partial charge is 0.450 e. The summed E-state index contributed by atoms with van der Waals surface area (Å²) in [5.74, 6) is 0.318. The Morgan fingerprint density at radius 3 is 2.62 bits per heavy atom. The van der Waals surface area contributed by atoms with Crippen LogP contribution in [0, 0.1) is 0 Å². The quantitative estimate of drug-likeness (QED) is 0.834. The van der Waals surface area contributed by atoms with E-state index in [2.05, 4.69) is 20.6 Å². The lowest BCUT2D eigenvalue weighted by molar-refractivity contribution is 0.0930. The molecule has 1 saturated heterocycles. The molecule has 3 rings (SSSR count). The molecular weight excluding hydrogens is 334 g/mol. The summed E-state index contributed by atoms with van der Waals surface area (Å²) >= 11 is 0. The van der Waals surface area contributed by atoms with Crippen molar-refractivity contribution >= 4 is 17.9 Å². The van der Waals surface area contributed by atoms with Crippen LogP contribution in [-0.2, 0) is 4.74 Å². The van der Waals surface area contributed by atoms with Crippen molar-refractivity contribution in [2.24, 2.45) is 0 Å². The van der Waals surface area contributed by atoms with Gasteiger partial charge in [0.1, 0.15) is 5.69 Å². The smallest absolute Gasteiger partial charge is 0.409 e. The lowest BCUT2D eigenvalue weighted by Crippen LogP contribution is -2.42. The average molecular weight is 361 g/mol. The van der Waals surface area contributed by atoms with Crippen molar-refractivity contribution in [1.29, 1.82) is 0 Å². The maximum Gasteiger partial charge on any atom is 0.409 e. The molecular formula is C18H27N5O3. The van der Waals surface area contributed by atoms with Crippen LogP contribution >= 0.6 is 0 Å². The molecule has 2 aliphatic rings. The van der Waals surface area contributed by atoms with E-state index in [1.54, 1.807) is 24.1 Å². The maximum atomic E-state index is 12.3. The summed E-state index contributed by atoms with van der Waals surface area (Å²) in [7, 11) is 0. The second kappa shape index (κ2) is 8.82. The Kier molecular flexibility index (Phi) is 6.25. The zero-order valence-electron chi connectivity index (χ0n) is 15.2. The van der Waals surface area contributed by atoms with Crippen LogP contribution in [0.25, 0.3) is 0 Å². The summed E-state index contributed by atoms with van der Waals surface area (Å²) in [5.41, 5.74) is 0.387. The molecule has 8 nitrogen and oxygen atoms in total. The highest BCUT2D eigenvalue weighted by Gasteiger charge is 2.24. The van der Waals surface area contributed by atoms with E-state index in [0.717, 1.165) is 25.7 Å². The normalized spacial score (nSPS) is 18.6. The molecule has 8 heteroatoms. The van der Waals surface area contributed by atoms with E-state index >= 15 is 0 Å². The third-order valence-electron chi connectivity index (χ3n) is 4.93. The van der Waals surface area contributed by atoms with E-state index in [-0.39, 0.29) is 24.1 Å². The summed E-state index contributed by atoms with van der Waals surface area (Å²) in [6.45, 7) is 3.47. The molecule has 0 spiro atoms. The van der Waals surface area contributed by atoms with Gasteiger partial charge in [0.2, 0.25) is 5.95 Å². The highest BCUT2D eigenvalue weighted by Crippen LogP contribution is 2.18. The van der Waals surface area contributed by atoms with Gasteiger partial charge in [-0.15, -0.1) is 0 Å². The molecule has 1 aromatic rings. The lowest BCUT2D eigenvalue weighted by Gasteiger charge is -2.31. The summed E-state index contributed by atoms with van der Waals surface area (Å²) in [6, 6.07) is 2.08. The average Bonchev–Trinajstić information content (AvgIpc) is 3.16. The molecule has 26 heavy (non-hydrogen) atoms. The second-order valence-electron chi connectivity index (χ2n) is 6.82. The van der Waals surface area contributed by atoms with Gasteiger partial charge >= 0.3 is 6.09 Å². The Hall–Kier alpha value is -2.38. The SMILES string of the molecule is CCOC(=O)N1CCC(Nc2nccc(C(=O)NC3CCCC3)n2)CC1. The Labute approximate surface area is 153 Å². The highest BCUT2D eigenvalue weighted by atomic mass is 16.6. The predicted octanol–water partition coefficient (Wildman–Crippen LogP) is 2.18. The fraction of sp³-hybridized carbons (Fsp3) is 0.667. The monoisotopic (exact) mass is 361 g/mol. The third-order valence-corrected chi connectivity index (χ3v) is 4.93. The van der Waals surface area contributed by atoms with E-state index in [9.17, 15) is 9.59 Å². The molecule has 0 bridgehead atoms. The van der Waals surface area contributed by atoms with Gasteiger partial charge in [-0.1, -0.05) is 12.8 Å². The van der Waals surface area contributed by atoms with E-state index in [1.807, 2.05) is 0 Å². The van der Waals surface area contributed by atoms with Gasteiger partial charge < -0.3 is 20.3 Å². The molecule has 0 unspecified atom stereocenters. The van der Waals surface area contributed by atoms with Gasteiger partial charge in [-0.25, -0.2) is 14.8 Å². The van der Waals surface area contributed by atoms with Crippen LogP contribution in [0.1, 0.15) is 55.9 Å². The Morgan fingerprint density at radius 2 is 1.92 bits per heavy atom. The lowest BCUT2D eigenvalue weighted by atomic mass is 10.1. The molecule has 0 aromatic carbocycles. The van der Waals surface area contributed by atoms with Gasteiger partial charge in [0.05, 0.1) is 6.61 Å². The summed E-state index contributed by atoms with van der Waals surface area (Å²) in [5, 5.41) is 6.32. The Balaban J connectivity index is 1.51. The van der Waals surface area contributed by atoms with Gasteiger partial charge in [-0.2, -0.15) is 0 Å². The second-order valence-corrected chi connectivity index (χ2v) is 6.82. The summed E-state index contributed by atoms with van der Waals surface area (Å²) in [6.07, 6.45) is 7.36. The number of piperidine rings is 1. The minimum Gasteiger partial charge on any atom is -0.450 e. The van der Waals surface area contributed by atoms with Gasteiger partial charge in [0, 0.05) is 31.4 Å². The third kappa shape index (κ3) is 4.83. The molecule has 0 radical (unpaired) electrons. The number of nitrogens with one attached hydrogen (secondary N) is 2. The van der Waals surface area contributed by atoms with Crippen molar-refractivity contribution in [2.75, 3.05) is 25.0 Å². The number of likely N-dealkylation sites (tertiary alicyclic amines) is 1. The first kappa shape index (κ1) is 18.4. The van der Waals surface area contributed by atoms with Crippen molar-refractivity contribution < 1.29 is 14.3 Å². The number of amides is 2. The molecule has 2 heterocycles. The number of nitrogens with zero attached hydrogens (tertiary/aromatic N) is 3. The molecule has 1 aliphatic carbocycles. The number of carbonyl (C=O) groups is 2. The van der Waals surface area contributed by atoms with Gasteiger partial charge in [-0.05, 0) is 38.7 Å². The molecule has 0 atom stereocenters. The van der Waals surface area contributed by atoms with Crippen LogP contribution < -0.4 is 10.6 Å². The van der Waals surface area contributed by atoms with Gasteiger partial charge in [0.15, 0.2) is 0 Å². The van der Waals surface area contributed by atoms with Crippen molar-refractivity contribution in [3.05, 3.63) is 18.0 Å². The Bertz CT molecular complexity index is 625. The van der Waals surface area contributed by atoms with Crippen molar-refractivity contribution in [2.45, 2.75) is 57.5 Å². The zero-order chi connectivity index (χ0) is 18.4. The minimum absolute atomic E-state index is 0.139. The number of anilines is 1. The van der Waals surface area contributed by atoms with Crippen LogP contribution in [0.2, 0.25) is 0 Å². The summed E-state index contributed by atoms with van der Waals surface area (Å²) < 4.78 is 5.03. The number of carbonyl (C=O) groups excluding carboxylic acids is 2. The van der Waals surface area contributed by atoms with E-state index < -0.39 is 0 Å². The fourth-order valence-electron chi connectivity index (χ4n) is 3.49. The molecule has 2 fully saturated rings. The molecule has 1 aliphatic heterocycles. The zero-order valence-corrected chi connectivity index (χ0v) is 15.2. The first-order valence-corrected chi connectivity index (χ1v) is 9.48. The van der Waals surface area contributed by atoms with Gasteiger partial charge in [-0.3, -0.25) is 4.79 Å². The van der Waals surface area contributed by atoms with E-state index in [0.29, 0.717) is 31.3 Å². The van der Waals surface area contributed by atoms with Crippen LogP contribution in [0.15, 0.2) is 12.3 Å².